The number of carbonyl (C=O) groups is 1. The van der Waals surface area contributed by atoms with Crippen LogP contribution >= 0.6 is 7.44 Å². The van der Waals surface area contributed by atoms with E-state index < -0.39 is 19.3 Å². The monoisotopic (exact) mass is 576 g/mol. The molecule has 1 aliphatic carbocycles. The minimum absolute atomic E-state index is 0.108. The smallest absolute Gasteiger partial charge is 0.339 e. The van der Waals surface area contributed by atoms with Gasteiger partial charge in [-0.2, -0.15) is 0 Å². The summed E-state index contributed by atoms with van der Waals surface area (Å²) in [4.78, 5) is 13.6. The molecule has 1 aliphatic heterocycles. The van der Waals surface area contributed by atoms with Gasteiger partial charge in [0.1, 0.15) is 0 Å². The number of benzene rings is 4. The molecule has 0 spiro atoms. The summed E-state index contributed by atoms with van der Waals surface area (Å²) in [5.41, 5.74) is 3.61. The summed E-state index contributed by atoms with van der Waals surface area (Å²) >= 11 is 0. The summed E-state index contributed by atoms with van der Waals surface area (Å²) in [5, 5.41) is 0. The van der Waals surface area contributed by atoms with Crippen LogP contribution in [0.5, 0.6) is 0 Å². The van der Waals surface area contributed by atoms with Crippen LogP contribution in [0, 0.1) is 0 Å². The quantitative estimate of drug-likeness (QED) is 0.148. The van der Waals surface area contributed by atoms with E-state index in [9.17, 15) is 4.79 Å². The van der Waals surface area contributed by atoms with Crippen molar-refractivity contribution in [1.29, 1.82) is 0 Å². The number of fused-ring (bicyclic) bond motifs is 1. The maximum absolute atomic E-state index is 16.1. The normalized spacial score (nSPS) is 21.1. The molecule has 0 amide bonds. The molecule has 5 nitrogen and oxygen atoms in total. The second kappa shape index (κ2) is 13.0. The van der Waals surface area contributed by atoms with E-state index in [0.717, 1.165) is 42.4 Å². The molecule has 1 saturated carbocycles. The van der Waals surface area contributed by atoms with Gasteiger partial charge in [0.15, 0.2) is 5.85 Å². The van der Waals surface area contributed by atoms with Gasteiger partial charge in [-0.1, -0.05) is 128 Å². The van der Waals surface area contributed by atoms with Crippen molar-refractivity contribution in [2.75, 3.05) is 0 Å². The number of rotatable bonds is 9. The topological polar surface area (TPSA) is 49.9 Å². The van der Waals surface area contributed by atoms with Crippen LogP contribution in [-0.2, 0) is 22.4 Å². The molecule has 0 N–H and O–H groups in total. The van der Waals surface area contributed by atoms with Gasteiger partial charge >= 0.3 is 5.97 Å². The van der Waals surface area contributed by atoms with Crippen LogP contribution in [0.4, 0.5) is 0 Å². The lowest BCUT2D eigenvalue weighted by atomic mass is 9.90. The predicted molar refractivity (Wildman–Crippen MR) is 169 cm³/mol. The lowest BCUT2D eigenvalue weighted by Crippen LogP contribution is -2.39. The third-order valence-electron chi connectivity index (χ3n) is 8.39. The van der Waals surface area contributed by atoms with Crippen LogP contribution in [-0.4, -0.2) is 33.2 Å². The van der Waals surface area contributed by atoms with Gasteiger partial charge in [-0.15, -0.1) is 0 Å². The number of hydrogen-bond acceptors (Lipinski definition) is 3. The fourth-order valence-electron chi connectivity index (χ4n) is 6.36. The zero-order valence-corrected chi connectivity index (χ0v) is 24.6. The van der Waals surface area contributed by atoms with Gasteiger partial charge in [-0.05, 0) is 47.7 Å². The Morgan fingerprint density at radius 1 is 0.714 bits per heavy atom. The first-order valence-corrected chi connectivity index (χ1v) is 16.5. The van der Waals surface area contributed by atoms with Crippen LogP contribution in [0.25, 0.3) is 6.08 Å². The molecule has 6 rings (SSSR count). The molecule has 6 heteroatoms. The van der Waals surface area contributed by atoms with E-state index >= 15 is 4.57 Å². The van der Waals surface area contributed by atoms with Gasteiger partial charge < -0.3 is 4.74 Å². The summed E-state index contributed by atoms with van der Waals surface area (Å²) in [7, 11) is -3.51. The highest BCUT2D eigenvalue weighted by molar-refractivity contribution is 7.60. The number of nitrogens with zero attached hydrogens (tertiary/aromatic N) is 2. The molecule has 2 aliphatic rings. The highest BCUT2D eigenvalue weighted by Gasteiger charge is 2.59. The second-order valence-corrected chi connectivity index (χ2v) is 13.8. The SMILES string of the molecule is O=C(OC(C=Cc1ccccc1)P1(=O)N(Cc2ccccc2)[C@@H]2CCCC[C@H]2N1Cc1ccccc1)c1ccccc1. The Balaban J connectivity index is 1.47. The number of esters is 1. The van der Waals surface area contributed by atoms with Crippen LogP contribution in [0.1, 0.15) is 52.7 Å². The van der Waals surface area contributed by atoms with Crippen LogP contribution in [0.15, 0.2) is 127 Å². The Morgan fingerprint density at radius 3 is 1.67 bits per heavy atom. The highest BCUT2D eigenvalue weighted by Crippen LogP contribution is 2.68. The Kier molecular flexibility index (Phi) is 8.81. The predicted octanol–water partition coefficient (Wildman–Crippen LogP) is 8.41. The van der Waals surface area contributed by atoms with E-state index in [4.69, 9.17) is 4.74 Å². The van der Waals surface area contributed by atoms with E-state index in [1.807, 2.05) is 97.1 Å². The molecule has 4 aromatic carbocycles. The molecule has 1 saturated heterocycles. The third kappa shape index (κ3) is 6.05. The number of carbonyl (C=O) groups excluding carboxylic acids is 1. The molecule has 0 aromatic heterocycles. The lowest BCUT2D eigenvalue weighted by molar-refractivity contribution is 0.0482. The average molecular weight is 577 g/mol. The van der Waals surface area contributed by atoms with Gasteiger partial charge in [-0.3, -0.25) is 4.57 Å². The lowest BCUT2D eigenvalue weighted by Gasteiger charge is -2.36. The summed E-state index contributed by atoms with van der Waals surface area (Å²) in [6, 6.07) is 39.6. The van der Waals surface area contributed by atoms with Gasteiger partial charge in [-0.25, -0.2) is 14.1 Å². The van der Waals surface area contributed by atoms with Crippen molar-refractivity contribution in [2.45, 2.75) is 56.7 Å². The molecule has 3 atom stereocenters. The molecule has 0 bridgehead atoms. The summed E-state index contributed by atoms with van der Waals surface area (Å²) in [6.07, 6.45) is 7.92. The van der Waals surface area contributed by atoms with Gasteiger partial charge in [0, 0.05) is 25.2 Å². The van der Waals surface area contributed by atoms with Gasteiger partial charge in [0.2, 0.25) is 0 Å². The highest BCUT2D eigenvalue weighted by atomic mass is 31.2. The van der Waals surface area contributed by atoms with Gasteiger partial charge in [0.05, 0.1) is 5.56 Å². The first-order chi connectivity index (χ1) is 20.6. The molecule has 0 radical (unpaired) electrons. The Hall–Kier alpha value is -3.76. The molecular weight excluding hydrogens is 539 g/mol. The van der Waals surface area contributed by atoms with E-state index in [-0.39, 0.29) is 12.1 Å². The second-order valence-electron chi connectivity index (χ2n) is 11.1. The minimum Gasteiger partial charge on any atom is -0.444 e. The molecular formula is C36H37N2O3P. The largest absolute Gasteiger partial charge is 0.444 e. The van der Waals surface area contributed by atoms with Crippen LogP contribution < -0.4 is 0 Å². The zero-order valence-electron chi connectivity index (χ0n) is 23.7. The fraction of sp³-hybridized carbons (Fsp3) is 0.250. The Morgan fingerprint density at radius 2 is 1.17 bits per heavy atom. The zero-order chi connectivity index (χ0) is 28.8. The maximum Gasteiger partial charge on any atom is 0.339 e. The first-order valence-electron chi connectivity index (χ1n) is 14.8. The van der Waals surface area contributed by atoms with Crippen molar-refractivity contribution < 1.29 is 14.1 Å². The fourth-order valence-corrected chi connectivity index (χ4v) is 9.90. The molecule has 2 fully saturated rings. The Labute approximate surface area is 248 Å². The maximum atomic E-state index is 16.1. The van der Waals surface area contributed by atoms with Crippen molar-refractivity contribution in [3.63, 3.8) is 0 Å². The van der Waals surface area contributed by atoms with Crippen LogP contribution in [0.2, 0.25) is 0 Å². The van der Waals surface area contributed by atoms with E-state index in [1.165, 1.54) is 0 Å². The minimum atomic E-state index is -3.51. The van der Waals surface area contributed by atoms with Crippen molar-refractivity contribution >= 4 is 19.5 Å². The molecule has 214 valence electrons. The molecule has 1 unspecified atom stereocenters. The van der Waals surface area contributed by atoms with Crippen molar-refractivity contribution in [1.82, 2.24) is 9.34 Å². The van der Waals surface area contributed by atoms with E-state index in [1.54, 1.807) is 12.1 Å². The third-order valence-corrected chi connectivity index (χ3v) is 11.7. The van der Waals surface area contributed by atoms with Crippen molar-refractivity contribution in [3.05, 3.63) is 150 Å². The van der Waals surface area contributed by atoms with E-state index in [0.29, 0.717) is 18.7 Å². The number of ether oxygens (including phenoxy) is 1. The average Bonchev–Trinajstić information content (AvgIpc) is 3.28. The van der Waals surface area contributed by atoms with Gasteiger partial charge in [0.25, 0.3) is 7.44 Å². The first kappa shape index (κ1) is 28.4. The standard InChI is InChI=1S/C36H37N2O3P/c39-36(32-21-11-4-12-22-32)41-35(26-25-29-15-5-1-6-16-29)42(40)37(27-30-17-7-2-8-18-30)33-23-13-14-24-34(33)38(42)28-31-19-9-3-10-20-31/h1-12,15-22,25-26,33-35H,13-14,23-24,27-28H2/t33-,34-,35?/m1/s1. The summed E-state index contributed by atoms with van der Waals surface area (Å²) < 4.78 is 26.8. The molecule has 42 heavy (non-hydrogen) atoms. The summed E-state index contributed by atoms with van der Waals surface area (Å²) in [5.74, 6) is -1.42. The van der Waals surface area contributed by atoms with Crippen molar-refractivity contribution in [3.8, 4) is 0 Å². The van der Waals surface area contributed by atoms with Crippen molar-refractivity contribution in [2.24, 2.45) is 0 Å². The van der Waals surface area contributed by atoms with Crippen LogP contribution in [0.3, 0.4) is 0 Å². The number of hydrogen-bond donors (Lipinski definition) is 0. The Bertz CT molecular complexity index is 1470. The molecule has 4 aromatic rings. The summed E-state index contributed by atoms with van der Waals surface area (Å²) in [6.45, 7) is 1.06. The molecule has 1 heterocycles. The van der Waals surface area contributed by atoms with E-state index in [2.05, 4.69) is 33.6 Å².